The van der Waals surface area contributed by atoms with Crippen molar-refractivity contribution in [3.8, 4) is 16.5 Å². The molecule has 3 aromatic heterocycles. The number of hydrogen-bond acceptors (Lipinski definition) is 5. The summed E-state index contributed by atoms with van der Waals surface area (Å²) in [7, 11) is 0. The number of nitrogens with zero attached hydrogens (tertiary/aromatic N) is 3. The molecular weight excluding hydrogens is 410 g/mol. The van der Waals surface area contributed by atoms with Crippen molar-refractivity contribution in [3.63, 3.8) is 0 Å². The van der Waals surface area contributed by atoms with Gasteiger partial charge in [0.2, 0.25) is 11.9 Å². The Morgan fingerprint density at radius 3 is 2.61 bits per heavy atom. The van der Waals surface area contributed by atoms with E-state index in [1.807, 2.05) is 54.8 Å². The molecule has 4 rings (SSSR count). The van der Waals surface area contributed by atoms with Crippen LogP contribution in [0.25, 0.3) is 16.5 Å². The quantitative estimate of drug-likeness (QED) is 0.470. The monoisotopic (exact) mass is 433 g/mol. The Hall–Kier alpha value is -3.52. The average molecular weight is 434 g/mol. The third-order valence-electron chi connectivity index (χ3n) is 5.24. The Bertz CT molecular complexity index is 1260. The molecule has 0 spiro atoms. The van der Waals surface area contributed by atoms with Crippen LogP contribution in [0.1, 0.15) is 36.1 Å². The van der Waals surface area contributed by atoms with Crippen LogP contribution in [-0.2, 0) is 4.79 Å². The summed E-state index contributed by atoms with van der Waals surface area (Å²) >= 11 is 1.55. The van der Waals surface area contributed by atoms with E-state index < -0.39 is 0 Å². The van der Waals surface area contributed by atoms with Crippen LogP contribution in [0.3, 0.4) is 0 Å². The predicted octanol–water partition coefficient (Wildman–Crippen LogP) is 4.43. The SMILES string of the molecule is CC[C@H](C(=O)Nc1cc(-c2cccs2)nn1-c1nc(C)c(C)c(=O)[nH]1)c1ccccc1. The summed E-state index contributed by atoms with van der Waals surface area (Å²) in [6.45, 7) is 5.48. The van der Waals surface area contributed by atoms with Gasteiger partial charge in [0, 0.05) is 17.3 Å². The number of carbonyl (C=O) groups is 1. The van der Waals surface area contributed by atoms with E-state index in [2.05, 4.69) is 20.4 Å². The summed E-state index contributed by atoms with van der Waals surface area (Å²) in [4.78, 5) is 33.7. The van der Waals surface area contributed by atoms with Crippen LogP contribution < -0.4 is 10.9 Å². The van der Waals surface area contributed by atoms with E-state index in [9.17, 15) is 9.59 Å². The molecule has 1 aromatic carbocycles. The van der Waals surface area contributed by atoms with Crippen LogP contribution >= 0.6 is 11.3 Å². The van der Waals surface area contributed by atoms with Crippen molar-refractivity contribution in [1.29, 1.82) is 0 Å². The lowest BCUT2D eigenvalue weighted by Crippen LogP contribution is -2.24. The van der Waals surface area contributed by atoms with Crippen molar-refractivity contribution < 1.29 is 4.79 Å². The number of nitrogens with one attached hydrogen (secondary N) is 2. The summed E-state index contributed by atoms with van der Waals surface area (Å²) in [6, 6.07) is 15.4. The smallest absolute Gasteiger partial charge is 0.255 e. The van der Waals surface area contributed by atoms with Gasteiger partial charge >= 0.3 is 0 Å². The van der Waals surface area contributed by atoms with Gasteiger partial charge in [-0.15, -0.1) is 11.3 Å². The third-order valence-corrected chi connectivity index (χ3v) is 6.14. The van der Waals surface area contributed by atoms with Gasteiger partial charge in [0.15, 0.2) is 0 Å². The minimum atomic E-state index is -0.304. The van der Waals surface area contributed by atoms with Gasteiger partial charge in [0.25, 0.3) is 5.56 Å². The lowest BCUT2D eigenvalue weighted by molar-refractivity contribution is -0.117. The van der Waals surface area contributed by atoms with Crippen LogP contribution in [0, 0.1) is 13.8 Å². The highest BCUT2D eigenvalue weighted by atomic mass is 32.1. The first kappa shape index (κ1) is 20.7. The highest BCUT2D eigenvalue weighted by Crippen LogP contribution is 2.28. The fourth-order valence-corrected chi connectivity index (χ4v) is 4.06. The Morgan fingerprint density at radius 2 is 1.97 bits per heavy atom. The van der Waals surface area contributed by atoms with Crippen molar-refractivity contribution in [2.24, 2.45) is 0 Å². The maximum Gasteiger partial charge on any atom is 0.255 e. The van der Waals surface area contributed by atoms with Crippen molar-refractivity contribution in [3.05, 3.63) is 81.1 Å². The van der Waals surface area contributed by atoms with Crippen molar-refractivity contribution >= 4 is 23.1 Å². The number of amides is 1. The number of aryl methyl sites for hydroxylation is 1. The maximum atomic E-state index is 13.2. The van der Waals surface area contributed by atoms with Gasteiger partial charge < -0.3 is 5.32 Å². The molecule has 0 aliphatic heterocycles. The standard InChI is InChI=1S/C23H23N5O2S/c1-4-17(16-9-6-5-7-10-16)22(30)25-20-13-18(19-11-8-12-31-19)27-28(20)23-24-15(3)14(2)21(29)26-23/h5-13,17H,4H2,1-3H3,(H,25,30)(H,24,26,29)/t17-/m0/s1. The van der Waals surface area contributed by atoms with Crippen LogP contribution in [-0.4, -0.2) is 25.7 Å². The molecule has 7 nitrogen and oxygen atoms in total. The highest BCUT2D eigenvalue weighted by molar-refractivity contribution is 7.13. The number of carbonyl (C=O) groups excluding carboxylic acids is 1. The van der Waals surface area contributed by atoms with E-state index in [0.717, 1.165) is 10.4 Å². The normalized spacial score (nSPS) is 12.0. The van der Waals surface area contributed by atoms with Crippen LogP contribution in [0.5, 0.6) is 0 Å². The minimum absolute atomic E-state index is 0.140. The molecule has 3 heterocycles. The second-order valence-corrected chi connectivity index (χ2v) is 8.21. The van der Waals surface area contributed by atoms with Gasteiger partial charge in [-0.05, 0) is 37.3 Å². The molecule has 0 bridgehead atoms. The topological polar surface area (TPSA) is 92.7 Å². The zero-order valence-corrected chi connectivity index (χ0v) is 18.4. The summed E-state index contributed by atoms with van der Waals surface area (Å²) in [5.41, 5.74) is 2.57. The Morgan fingerprint density at radius 1 is 1.19 bits per heavy atom. The van der Waals surface area contributed by atoms with Gasteiger partial charge in [0.1, 0.15) is 11.5 Å². The largest absolute Gasteiger partial charge is 0.310 e. The first-order valence-electron chi connectivity index (χ1n) is 10.1. The van der Waals surface area contributed by atoms with E-state index in [1.165, 1.54) is 4.68 Å². The summed E-state index contributed by atoms with van der Waals surface area (Å²) in [6.07, 6.45) is 0.653. The maximum absolute atomic E-state index is 13.2. The minimum Gasteiger partial charge on any atom is -0.310 e. The van der Waals surface area contributed by atoms with Gasteiger partial charge in [0.05, 0.1) is 10.8 Å². The molecule has 0 aliphatic rings. The number of rotatable bonds is 6. The first-order valence-corrected chi connectivity index (χ1v) is 10.9. The molecule has 4 aromatic rings. The molecular formula is C23H23N5O2S. The number of anilines is 1. The van der Waals surface area contributed by atoms with Crippen LogP contribution in [0.2, 0.25) is 0 Å². The second kappa shape index (κ2) is 8.69. The van der Waals surface area contributed by atoms with E-state index >= 15 is 0 Å². The molecule has 0 fully saturated rings. The zero-order chi connectivity index (χ0) is 22.0. The van der Waals surface area contributed by atoms with Crippen molar-refractivity contribution in [2.45, 2.75) is 33.1 Å². The van der Waals surface area contributed by atoms with Gasteiger partial charge in [-0.1, -0.05) is 43.3 Å². The van der Waals surface area contributed by atoms with E-state index in [-0.39, 0.29) is 23.3 Å². The first-order chi connectivity index (χ1) is 15.0. The number of aromatic nitrogens is 4. The van der Waals surface area contributed by atoms with E-state index in [4.69, 9.17) is 0 Å². The lowest BCUT2D eigenvalue weighted by atomic mass is 9.96. The summed E-state index contributed by atoms with van der Waals surface area (Å²) in [5.74, 6) is 0.272. The van der Waals surface area contributed by atoms with Gasteiger partial charge in [-0.3, -0.25) is 14.6 Å². The number of hydrogen-bond donors (Lipinski definition) is 2. The fraction of sp³-hybridized carbons (Fsp3) is 0.217. The molecule has 0 unspecified atom stereocenters. The van der Waals surface area contributed by atoms with Gasteiger partial charge in [-0.2, -0.15) is 9.78 Å². The molecule has 0 aliphatic carbocycles. The molecule has 8 heteroatoms. The Balaban J connectivity index is 1.76. The molecule has 0 radical (unpaired) electrons. The zero-order valence-electron chi connectivity index (χ0n) is 17.5. The molecule has 1 amide bonds. The van der Waals surface area contributed by atoms with Crippen molar-refractivity contribution in [1.82, 2.24) is 19.7 Å². The lowest BCUT2D eigenvalue weighted by Gasteiger charge is -2.16. The molecule has 0 saturated carbocycles. The molecule has 2 N–H and O–H groups in total. The predicted molar refractivity (Wildman–Crippen MR) is 123 cm³/mol. The summed E-state index contributed by atoms with van der Waals surface area (Å²) in [5, 5.41) is 9.59. The Kier molecular flexibility index (Phi) is 5.81. The van der Waals surface area contributed by atoms with Crippen LogP contribution in [0.4, 0.5) is 5.82 Å². The second-order valence-electron chi connectivity index (χ2n) is 7.26. The fourth-order valence-electron chi connectivity index (χ4n) is 3.38. The number of H-pyrrole nitrogens is 1. The number of thiophene rings is 1. The highest BCUT2D eigenvalue weighted by Gasteiger charge is 2.22. The van der Waals surface area contributed by atoms with E-state index in [0.29, 0.717) is 29.2 Å². The molecule has 158 valence electrons. The molecule has 0 saturated heterocycles. The van der Waals surface area contributed by atoms with Crippen molar-refractivity contribution in [2.75, 3.05) is 5.32 Å². The van der Waals surface area contributed by atoms with E-state index in [1.54, 1.807) is 31.3 Å². The van der Waals surface area contributed by atoms with Gasteiger partial charge in [-0.25, -0.2) is 4.98 Å². The molecule has 1 atom stereocenters. The average Bonchev–Trinajstić information content (AvgIpc) is 3.43. The number of benzene rings is 1. The van der Waals surface area contributed by atoms with Crippen LogP contribution in [0.15, 0.2) is 58.7 Å². The third kappa shape index (κ3) is 4.20. The number of aromatic amines is 1. The summed E-state index contributed by atoms with van der Waals surface area (Å²) < 4.78 is 1.48. The Labute approximate surface area is 183 Å². The molecule has 31 heavy (non-hydrogen) atoms.